The van der Waals surface area contributed by atoms with Crippen molar-refractivity contribution in [2.45, 2.75) is 19.5 Å². The van der Waals surface area contributed by atoms with Crippen LogP contribution < -0.4 is 0 Å². The summed E-state index contributed by atoms with van der Waals surface area (Å²) in [6.45, 7) is 3.09. The first kappa shape index (κ1) is 11.1. The van der Waals surface area contributed by atoms with Crippen LogP contribution in [0.1, 0.15) is 6.92 Å². The Balaban J connectivity index is 2.32. The second kappa shape index (κ2) is 4.26. The van der Waals surface area contributed by atoms with E-state index in [1.807, 2.05) is 18.3 Å². The summed E-state index contributed by atoms with van der Waals surface area (Å²) >= 11 is 0. The molecule has 16 heavy (non-hydrogen) atoms. The zero-order valence-corrected chi connectivity index (χ0v) is 9.94. The molecule has 1 atom stereocenters. The van der Waals surface area contributed by atoms with Gasteiger partial charge in [-0.1, -0.05) is 0 Å². The molecule has 1 aromatic carbocycles. The van der Waals surface area contributed by atoms with Crippen molar-refractivity contribution in [2.75, 3.05) is 14.1 Å². The first-order valence-corrected chi connectivity index (χ1v) is 5.49. The number of aromatic nitrogens is 1. The van der Waals surface area contributed by atoms with Gasteiger partial charge in [-0.15, -0.1) is 0 Å². The summed E-state index contributed by atoms with van der Waals surface area (Å²) < 4.78 is 15.2. The Labute approximate surface area is 95.3 Å². The quantitative estimate of drug-likeness (QED) is 0.772. The number of nitrogens with zero attached hydrogens (tertiary/aromatic N) is 2. The summed E-state index contributed by atoms with van der Waals surface area (Å²) in [5.41, 5.74) is 1.09. The molecule has 1 heterocycles. The SMILES string of the molecule is CC(Cn1ccc2cc(F)ccc21)N(C)C. The lowest BCUT2D eigenvalue weighted by molar-refractivity contribution is 0.286. The number of likely N-dealkylation sites (N-methyl/N-ethyl adjacent to an activating group) is 1. The summed E-state index contributed by atoms with van der Waals surface area (Å²) in [4.78, 5) is 2.18. The third-order valence-corrected chi connectivity index (χ3v) is 3.08. The molecule has 0 fully saturated rings. The van der Waals surface area contributed by atoms with Gasteiger partial charge < -0.3 is 9.47 Å². The summed E-state index contributed by atoms with van der Waals surface area (Å²) in [5.74, 6) is -0.175. The number of benzene rings is 1. The number of hydrogen-bond donors (Lipinski definition) is 0. The predicted octanol–water partition coefficient (Wildman–Crippen LogP) is 2.73. The third-order valence-electron chi connectivity index (χ3n) is 3.08. The van der Waals surface area contributed by atoms with E-state index in [2.05, 4.69) is 30.5 Å². The maximum atomic E-state index is 13.0. The molecular weight excluding hydrogens is 203 g/mol. The molecule has 0 saturated heterocycles. The lowest BCUT2D eigenvalue weighted by Crippen LogP contribution is -2.28. The molecule has 1 unspecified atom stereocenters. The fourth-order valence-corrected chi connectivity index (χ4v) is 1.78. The van der Waals surface area contributed by atoms with Gasteiger partial charge in [0, 0.05) is 29.7 Å². The van der Waals surface area contributed by atoms with Gasteiger partial charge in [0.2, 0.25) is 0 Å². The number of halogens is 1. The van der Waals surface area contributed by atoms with E-state index >= 15 is 0 Å². The van der Waals surface area contributed by atoms with Gasteiger partial charge in [0.05, 0.1) is 0 Å². The van der Waals surface area contributed by atoms with Crippen LogP contribution in [0.5, 0.6) is 0 Å². The standard InChI is InChI=1S/C13H17FN2/c1-10(15(2)3)9-16-7-6-11-8-12(14)4-5-13(11)16/h4-8,10H,9H2,1-3H3. The summed E-state index contributed by atoms with van der Waals surface area (Å²) in [5, 5.41) is 0.964. The van der Waals surface area contributed by atoms with E-state index in [1.165, 1.54) is 6.07 Å². The van der Waals surface area contributed by atoms with Crippen molar-refractivity contribution in [3.05, 3.63) is 36.3 Å². The van der Waals surface area contributed by atoms with Crippen molar-refractivity contribution < 1.29 is 4.39 Å². The lowest BCUT2D eigenvalue weighted by Gasteiger charge is -2.20. The number of hydrogen-bond acceptors (Lipinski definition) is 1. The molecule has 0 N–H and O–H groups in total. The van der Waals surface area contributed by atoms with Crippen LogP contribution in [0.15, 0.2) is 30.5 Å². The molecule has 3 heteroatoms. The first-order valence-electron chi connectivity index (χ1n) is 5.49. The Bertz CT molecular complexity index is 488. The minimum atomic E-state index is -0.175. The molecule has 0 aliphatic heterocycles. The first-order chi connectivity index (χ1) is 7.58. The number of rotatable bonds is 3. The van der Waals surface area contributed by atoms with E-state index in [4.69, 9.17) is 0 Å². The molecule has 0 aliphatic carbocycles. The van der Waals surface area contributed by atoms with Crippen LogP contribution in [0, 0.1) is 5.82 Å². The van der Waals surface area contributed by atoms with Crippen LogP contribution in [0.25, 0.3) is 10.9 Å². The largest absolute Gasteiger partial charge is 0.346 e. The van der Waals surface area contributed by atoms with Gasteiger partial charge in [-0.2, -0.15) is 0 Å². The Kier molecular flexibility index (Phi) is 2.97. The zero-order chi connectivity index (χ0) is 11.7. The molecule has 0 radical (unpaired) electrons. The molecule has 2 rings (SSSR count). The Morgan fingerprint density at radius 1 is 1.31 bits per heavy atom. The molecule has 0 amide bonds. The van der Waals surface area contributed by atoms with Crippen LogP contribution in [-0.2, 0) is 6.54 Å². The number of fused-ring (bicyclic) bond motifs is 1. The minimum absolute atomic E-state index is 0.175. The highest BCUT2D eigenvalue weighted by Crippen LogP contribution is 2.17. The van der Waals surface area contributed by atoms with E-state index in [0.717, 1.165) is 17.4 Å². The minimum Gasteiger partial charge on any atom is -0.346 e. The molecule has 0 spiro atoms. The molecule has 86 valence electrons. The third kappa shape index (κ3) is 2.09. The van der Waals surface area contributed by atoms with E-state index in [0.29, 0.717) is 6.04 Å². The second-order valence-electron chi connectivity index (χ2n) is 4.48. The Morgan fingerprint density at radius 3 is 2.75 bits per heavy atom. The average Bonchev–Trinajstić information content (AvgIpc) is 2.60. The molecule has 0 bridgehead atoms. The van der Waals surface area contributed by atoms with Crippen LogP contribution in [0.4, 0.5) is 4.39 Å². The maximum absolute atomic E-state index is 13.0. The molecule has 0 aliphatic rings. The maximum Gasteiger partial charge on any atom is 0.123 e. The molecule has 2 nitrogen and oxygen atoms in total. The van der Waals surface area contributed by atoms with Crippen LogP contribution in [0.2, 0.25) is 0 Å². The second-order valence-corrected chi connectivity index (χ2v) is 4.48. The Hall–Kier alpha value is -1.35. The highest BCUT2D eigenvalue weighted by Gasteiger charge is 2.08. The van der Waals surface area contributed by atoms with Crippen molar-refractivity contribution in [2.24, 2.45) is 0 Å². The summed E-state index contributed by atoms with van der Waals surface area (Å²) in [7, 11) is 4.13. The summed E-state index contributed by atoms with van der Waals surface area (Å²) in [6, 6.07) is 7.35. The van der Waals surface area contributed by atoms with E-state index in [1.54, 1.807) is 6.07 Å². The van der Waals surface area contributed by atoms with E-state index in [9.17, 15) is 4.39 Å². The lowest BCUT2D eigenvalue weighted by atomic mass is 10.2. The predicted molar refractivity (Wildman–Crippen MR) is 65.0 cm³/mol. The highest BCUT2D eigenvalue weighted by molar-refractivity contribution is 5.80. The van der Waals surface area contributed by atoms with E-state index in [-0.39, 0.29) is 5.82 Å². The van der Waals surface area contributed by atoms with Crippen molar-refractivity contribution in [1.82, 2.24) is 9.47 Å². The van der Waals surface area contributed by atoms with Crippen molar-refractivity contribution in [3.8, 4) is 0 Å². The highest BCUT2D eigenvalue weighted by atomic mass is 19.1. The molecule has 1 aromatic heterocycles. The van der Waals surface area contributed by atoms with Gasteiger partial charge in [-0.3, -0.25) is 0 Å². The van der Waals surface area contributed by atoms with Gasteiger partial charge in [0.25, 0.3) is 0 Å². The van der Waals surface area contributed by atoms with Crippen LogP contribution in [-0.4, -0.2) is 29.6 Å². The monoisotopic (exact) mass is 220 g/mol. The van der Waals surface area contributed by atoms with Gasteiger partial charge in [-0.05, 0) is 45.3 Å². The topological polar surface area (TPSA) is 8.17 Å². The van der Waals surface area contributed by atoms with Gasteiger partial charge in [0.1, 0.15) is 5.82 Å². The van der Waals surface area contributed by atoms with Crippen LogP contribution >= 0.6 is 0 Å². The van der Waals surface area contributed by atoms with Crippen molar-refractivity contribution in [1.29, 1.82) is 0 Å². The van der Waals surface area contributed by atoms with Crippen LogP contribution in [0.3, 0.4) is 0 Å². The smallest absolute Gasteiger partial charge is 0.123 e. The zero-order valence-electron chi connectivity index (χ0n) is 9.94. The summed E-state index contributed by atoms with van der Waals surface area (Å²) in [6.07, 6.45) is 2.02. The van der Waals surface area contributed by atoms with Gasteiger partial charge in [-0.25, -0.2) is 4.39 Å². The average molecular weight is 220 g/mol. The fourth-order valence-electron chi connectivity index (χ4n) is 1.78. The fraction of sp³-hybridized carbons (Fsp3) is 0.385. The van der Waals surface area contributed by atoms with E-state index < -0.39 is 0 Å². The van der Waals surface area contributed by atoms with Crippen molar-refractivity contribution in [3.63, 3.8) is 0 Å². The van der Waals surface area contributed by atoms with Crippen molar-refractivity contribution >= 4 is 10.9 Å². The van der Waals surface area contributed by atoms with Gasteiger partial charge >= 0.3 is 0 Å². The molecule has 2 aromatic rings. The Morgan fingerprint density at radius 2 is 2.06 bits per heavy atom. The molecule has 0 saturated carbocycles. The van der Waals surface area contributed by atoms with Gasteiger partial charge in [0.15, 0.2) is 0 Å². The molecular formula is C13H17FN2. The normalized spacial score (nSPS) is 13.6.